The Labute approximate surface area is 154 Å². The number of rotatable bonds is 6. The molecule has 1 amide bonds. The molecule has 2 N–H and O–H groups in total. The first-order valence-electron chi connectivity index (χ1n) is 10.3. The zero-order valence-electron chi connectivity index (χ0n) is 16.7. The molecule has 25 heavy (non-hydrogen) atoms. The molecule has 0 radical (unpaired) electrons. The highest BCUT2D eigenvalue weighted by Gasteiger charge is 2.32. The smallest absolute Gasteiger partial charge is 0.225 e. The van der Waals surface area contributed by atoms with Gasteiger partial charge in [-0.05, 0) is 44.4 Å². The molecular weight excluding hydrogens is 312 g/mol. The van der Waals surface area contributed by atoms with Crippen molar-refractivity contribution in [2.45, 2.75) is 78.7 Å². The monoisotopic (exact) mass is 350 g/mol. The van der Waals surface area contributed by atoms with Gasteiger partial charge in [-0.2, -0.15) is 0 Å². The molecule has 0 spiro atoms. The van der Waals surface area contributed by atoms with Crippen molar-refractivity contribution in [3.05, 3.63) is 0 Å². The Morgan fingerprint density at radius 3 is 2.36 bits per heavy atom. The van der Waals surface area contributed by atoms with Crippen LogP contribution in [0.5, 0.6) is 0 Å². The lowest BCUT2D eigenvalue weighted by atomic mass is 9.84. The van der Waals surface area contributed by atoms with Crippen LogP contribution in [0.15, 0.2) is 4.99 Å². The molecule has 5 heteroatoms. The Bertz CT molecular complexity index is 447. The predicted octanol–water partition coefficient (Wildman–Crippen LogP) is 3.16. The number of piperidine rings is 1. The van der Waals surface area contributed by atoms with E-state index in [1.165, 1.54) is 32.1 Å². The van der Waals surface area contributed by atoms with E-state index in [4.69, 9.17) is 4.99 Å². The van der Waals surface area contributed by atoms with E-state index in [1.807, 2.05) is 18.7 Å². The van der Waals surface area contributed by atoms with Gasteiger partial charge in [-0.1, -0.05) is 33.6 Å². The first kappa shape index (κ1) is 20.1. The van der Waals surface area contributed by atoms with Crippen LogP contribution < -0.4 is 10.6 Å². The zero-order valence-corrected chi connectivity index (χ0v) is 16.7. The van der Waals surface area contributed by atoms with E-state index in [2.05, 4.69) is 24.5 Å². The Hall–Kier alpha value is -1.26. The largest absolute Gasteiger partial charge is 0.357 e. The van der Waals surface area contributed by atoms with E-state index in [9.17, 15) is 4.79 Å². The van der Waals surface area contributed by atoms with Gasteiger partial charge in [0.25, 0.3) is 0 Å². The molecule has 1 saturated heterocycles. The third-order valence-electron chi connectivity index (χ3n) is 5.97. The van der Waals surface area contributed by atoms with Gasteiger partial charge in [0.1, 0.15) is 0 Å². The Kier molecular flexibility index (Phi) is 7.57. The van der Waals surface area contributed by atoms with E-state index in [0.29, 0.717) is 11.5 Å². The van der Waals surface area contributed by atoms with Crippen LogP contribution in [0.2, 0.25) is 0 Å². The minimum absolute atomic E-state index is 0.0973. The van der Waals surface area contributed by atoms with Crippen molar-refractivity contribution in [1.29, 1.82) is 0 Å². The van der Waals surface area contributed by atoms with E-state index >= 15 is 0 Å². The molecule has 0 aromatic carbocycles. The second kappa shape index (κ2) is 9.44. The summed E-state index contributed by atoms with van der Waals surface area (Å²) in [7, 11) is 0. The van der Waals surface area contributed by atoms with Gasteiger partial charge >= 0.3 is 0 Å². The van der Waals surface area contributed by atoms with Crippen molar-refractivity contribution in [3.63, 3.8) is 0 Å². The Morgan fingerprint density at radius 1 is 1.20 bits per heavy atom. The van der Waals surface area contributed by atoms with Crippen LogP contribution in [0.1, 0.15) is 72.6 Å². The molecule has 2 rings (SSSR count). The van der Waals surface area contributed by atoms with Crippen molar-refractivity contribution >= 4 is 11.9 Å². The summed E-state index contributed by atoms with van der Waals surface area (Å²) in [6.07, 6.45) is 8.59. The normalized spacial score (nSPS) is 21.6. The number of likely N-dealkylation sites (tertiary alicyclic amines) is 1. The third kappa shape index (κ3) is 5.61. The molecule has 1 aliphatic carbocycles. The summed E-state index contributed by atoms with van der Waals surface area (Å²) in [4.78, 5) is 19.1. The molecule has 144 valence electrons. The highest BCUT2D eigenvalue weighted by Crippen LogP contribution is 2.41. The lowest BCUT2D eigenvalue weighted by Crippen LogP contribution is -2.50. The molecule has 2 fully saturated rings. The van der Waals surface area contributed by atoms with Crippen LogP contribution in [0.4, 0.5) is 0 Å². The molecule has 5 nitrogen and oxygen atoms in total. The summed E-state index contributed by atoms with van der Waals surface area (Å²) in [6, 6.07) is 0.412. The van der Waals surface area contributed by atoms with Crippen molar-refractivity contribution in [2.24, 2.45) is 16.3 Å². The lowest BCUT2D eigenvalue weighted by molar-refractivity contribution is -0.135. The predicted molar refractivity (Wildman–Crippen MR) is 105 cm³/mol. The Balaban J connectivity index is 1.87. The van der Waals surface area contributed by atoms with Crippen LogP contribution in [0, 0.1) is 11.3 Å². The minimum Gasteiger partial charge on any atom is -0.357 e. The average Bonchev–Trinajstić information content (AvgIpc) is 3.09. The van der Waals surface area contributed by atoms with Gasteiger partial charge in [0, 0.05) is 38.1 Å². The fraction of sp³-hybridized carbons (Fsp3) is 0.900. The number of hydrogen-bond acceptors (Lipinski definition) is 2. The summed E-state index contributed by atoms with van der Waals surface area (Å²) in [6.45, 7) is 11.9. The molecule has 0 atom stereocenters. The van der Waals surface area contributed by atoms with Crippen molar-refractivity contribution in [1.82, 2.24) is 15.5 Å². The van der Waals surface area contributed by atoms with E-state index < -0.39 is 0 Å². The fourth-order valence-electron chi connectivity index (χ4n) is 4.12. The van der Waals surface area contributed by atoms with Crippen LogP contribution in [-0.2, 0) is 4.79 Å². The van der Waals surface area contributed by atoms with Gasteiger partial charge < -0.3 is 15.5 Å². The molecule has 0 unspecified atom stereocenters. The molecule has 2 aliphatic rings. The summed E-state index contributed by atoms with van der Waals surface area (Å²) >= 11 is 0. The highest BCUT2D eigenvalue weighted by atomic mass is 16.2. The minimum atomic E-state index is 0.0973. The van der Waals surface area contributed by atoms with Crippen molar-refractivity contribution in [3.8, 4) is 0 Å². The molecular formula is C20H38N4O. The first-order valence-corrected chi connectivity index (χ1v) is 10.3. The van der Waals surface area contributed by atoms with Gasteiger partial charge in [-0.3, -0.25) is 9.79 Å². The first-order chi connectivity index (χ1) is 12.0. The second-order valence-electron chi connectivity index (χ2n) is 8.15. The topological polar surface area (TPSA) is 56.7 Å². The van der Waals surface area contributed by atoms with E-state index in [-0.39, 0.29) is 11.8 Å². The summed E-state index contributed by atoms with van der Waals surface area (Å²) < 4.78 is 0. The number of carbonyl (C=O) groups excluding carboxylic acids is 1. The maximum absolute atomic E-state index is 12.1. The lowest BCUT2D eigenvalue weighted by Gasteiger charge is -2.34. The number of nitrogens with one attached hydrogen (secondary N) is 2. The Morgan fingerprint density at radius 2 is 1.84 bits per heavy atom. The molecule has 0 aromatic heterocycles. The number of guanidine groups is 1. The number of aliphatic imine (C=N–C) groups is 1. The number of nitrogens with zero attached hydrogens (tertiary/aromatic N) is 2. The average molecular weight is 351 g/mol. The fourth-order valence-corrected chi connectivity index (χ4v) is 4.12. The van der Waals surface area contributed by atoms with Gasteiger partial charge in [0.2, 0.25) is 5.91 Å². The standard InChI is InChI=1S/C20H38N4O/c1-5-20(11-7-8-12-20)15-22-19(21-6-2)23-17-9-13-24(14-10-17)18(25)16(3)4/h16-17H,5-15H2,1-4H3,(H2,21,22,23). The highest BCUT2D eigenvalue weighted by molar-refractivity contribution is 5.80. The zero-order chi connectivity index (χ0) is 18.3. The van der Waals surface area contributed by atoms with Crippen LogP contribution in [0.25, 0.3) is 0 Å². The van der Waals surface area contributed by atoms with Crippen molar-refractivity contribution in [2.75, 3.05) is 26.2 Å². The van der Waals surface area contributed by atoms with Crippen LogP contribution in [0.3, 0.4) is 0 Å². The van der Waals surface area contributed by atoms with Crippen molar-refractivity contribution < 1.29 is 4.79 Å². The molecule has 1 aliphatic heterocycles. The number of carbonyl (C=O) groups is 1. The third-order valence-corrected chi connectivity index (χ3v) is 5.97. The second-order valence-corrected chi connectivity index (χ2v) is 8.15. The summed E-state index contributed by atoms with van der Waals surface area (Å²) in [5.74, 6) is 1.33. The van der Waals surface area contributed by atoms with Crippen LogP contribution in [-0.4, -0.2) is 49.0 Å². The quantitative estimate of drug-likeness (QED) is 0.571. The number of hydrogen-bond donors (Lipinski definition) is 2. The molecule has 1 heterocycles. The summed E-state index contributed by atoms with van der Waals surface area (Å²) in [5.41, 5.74) is 0.426. The molecule has 0 aromatic rings. The number of amides is 1. The van der Waals surface area contributed by atoms with E-state index in [0.717, 1.165) is 45.0 Å². The van der Waals surface area contributed by atoms with Crippen LogP contribution >= 0.6 is 0 Å². The SMILES string of the molecule is CCNC(=NCC1(CC)CCCC1)NC1CCN(C(=O)C(C)C)CC1. The maximum Gasteiger partial charge on any atom is 0.225 e. The summed E-state index contributed by atoms with van der Waals surface area (Å²) in [5, 5.41) is 7.02. The molecule has 1 saturated carbocycles. The van der Waals surface area contributed by atoms with Gasteiger partial charge in [0.05, 0.1) is 0 Å². The molecule has 0 bridgehead atoms. The van der Waals surface area contributed by atoms with Gasteiger partial charge in [0.15, 0.2) is 5.96 Å². The maximum atomic E-state index is 12.1. The van der Waals surface area contributed by atoms with Gasteiger partial charge in [-0.25, -0.2) is 0 Å². The van der Waals surface area contributed by atoms with Gasteiger partial charge in [-0.15, -0.1) is 0 Å². The van der Waals surface area contributed by atoms with E-state index in [1.54, 1.807) is 0 Å².